The van der Waals surface area contributed by atoms with Crippen molar-refractivity contribution in [2.24, 2.45) is 0 Å². The second-order valence-corrected chi connectivity index (χ2v) is 12.6. The molecule has 230 valence electrons. The van der Waals surface area contributed by atoms with Gasteiger partial charge in [0.25, 0.3) is 0 Å². The third kappa shape index (κ3) is 10.1. The molecule has 0 aliphatic carbocycles. The second-order valence-electron chi connectivity index (χ2n) is 7.45. The van der Waals surface area contributed by atoms with Crippen LogP contribution in [0.1, 0.15) is 17.2 Å². The summed E-state index contributed by atoms with van der Waals surface area (Å²) in [6, 6.07) is 3.24. The average molecular weight is 691 g/mol. The first-order valence-electron chi connectivity index (χ1n) is 9.68. The predicted molar refractivity (Wildman–Crippen MR) is 125 cm³/mol. The van der Waals surface area contributed by atoms with E-state index in [-0.39, 0.29) is 0 Å². The summed E-state index contributed by atoms with van der Waals surface area (Å²) in [5.41, 5.74) is -0.875. The number of benzene rings is 2. The Balaban J connectivity index is 2.23. The molecule has 2 aromatic carbocycles. The van der Waals surface area contributed by atoms with Crippen molar-refractivity contribution in [1.82, 2.24) is 0 Å². The van der Waals surface area contributed by atoms with Gasteiger partial charge in [-0.05, 0) is 17.7 Å². The molecule has 5 N–H and O–H groups in total. The Labute approximate surface area is 230 Å². The summed E-state index contributed by atoms with van der Waals surface area (Å²) >= 11 is 0. The van der Waals surface area contributed by atoms with Crippen LogP contribution in [-0.2, 0) is 62.6 Å². The SMILES string of the molecule is O=S(=O)(O)Oc1cc2c(c(OS(=O)(=O)O)c1)C[C@H](OS(=O)(=O)O)[C@H](c1ccc(OS(=O)(=O)O)c(OS(=O)(=O)O)c1)O2. The molecule has 0 radical (unpaired) electrons. The van der Waals surface area contributed by atoms with Gasteiger partial charge in [0.2, 0.25) is 0 Å². The zero-order chi connectivity index (χ0) is 31.2. The van der Waals surface area contributed by atoms with Gasteiger partial charge in [0.05, 0.1) is 0 Å². The first-order valence-corrected chi connectivity index (χ1v) is 16.5. The van der Waals surface area contributed by atoms with Crippen LogP contribution in [0.15, 0.2) is 30.3 Å². The molecule has 1 aliphatic heterocycles. The summed E-state index contributed by atoms with van der Waals surface area (Å²) in [4.78, 5) is 0. The van der Waals surface area contributed by atoms with Gasteiger partial charge in [0, 0.05) is 24.1 Å². The van der Waals surface area contributed by atoms with Crippen molar-refractivity contribution < 1.29 is 90.5 Å². The maximum atomic E-state index is 11.5. The highest BCUT2D eigenvalue weighted by molar-refractivity contribution is 7.82. The van der Waals surface area contributed by atoms with Gasteiger partial charge in [-0.25, -0.2) is 4.18 Å². The quantitative estimate of drug-likeness (QED) is 0.181. The second kappa shape index (κ2) is 11.0. The van der Waals surface area contributed by atoms with Crippen LogP contribution in [0.4, 0.5) is 0 Å². The number of rotatable bonds is 11. The first kappa shape index (κ1) is 32.5. The van der Waals surface area contributed by atoms with E-state index in [1.165, 1.54) is 0 Å². The van der Waals surface area contributed by atoms with Crippen LogP contribution >= 0.6 is 0 Å². The third-order valence-electron chi connectivity index (χ3n) is 4.47. The molecular formula is C15H14O21S5. The fourth-order valence-electron chi connectivity index (χ4n) is 3.37. The van der Waals surface area contributed by atoms with Crippen molar-refractivity contribution in [1.29, 1.82) is 0 Å². The number of hydrogen-bond acceptors (Lipinski definition) is 16. The fraction of sp³-hybridized carbons (Fsp3) is 0.200. The van der Waals surface area contributed by atoms with Crippen LogP contribution in [0.25, 0.3) is 0 Å². The van der Waals surface area contributed by atoms with E-state index in [1.807, 2.05) is 0 Å². The van der Waals surface area contributed by atoms with E-state index in [2.05, 4.69) is 20.9 Å². The standard InChI is InChI=1S/C15H14O21S5/c16-37(17,18)32-8-4-11-9(12(5-8)34-39(22,23)24)6-14(36-41(28,29)30)15(31-11)7-1-2-10(33-38(19,20)21)13(3-7)35-40(25,26)27/h1-5,14-15H,6H2,(H,16,17,18)(H,19,20,21)(H,22,23,24)(H,25,26,27)(H,28,29,30)/t14-,15-/m0/s1. The van der Waals surface area contributed by atoms with E-state index >= 15 is 0 Å². The smallest absolute Gasteiger partial charge is 0.446 e. The predicted octanol–water partition coefficient (Wildman–Crippen LogP) is -0.723. The van der Waals surface area contributed by atoms with Crippen molar-refractivity contribution in [2.75, 3.05) is 0 Å². The number of hydrogen-bond donors (Lipinski definition) is 5. The van der Waals surface area contributed by atoms with Gasteiger partial charge in [-0.1, -0.05) is 6.07 Å². The Morgan fingerprint density at radius 1 is 0.610 bits per heavy atom. The summed E-state index contributed by atoms with van der Waals surface area (Å²) in [6.45, 7) is 0. The molecule has 0 saturated heterocycles. The van der Waals surface area contributed by atoms with Crippen molar-refractivity contribution in [3.63, 3.8) is 0 Å². The molecule has 0 fully saturated rings. The van der Waals surface area contributed by atoms with E-state index in [4.69, 9.17) is 22.9 Å². The van der Waals surface area contributed by atoms with E-state index in [9.17, 15) is 46.6 Å². The summed E-state index contributed by atoms with van der Waals surface area (Å²) < 4.78 is 185. The van der Waals surface area contributed by atoms with E-state index < -0.39 is 110 Å². The molecule has 2 aromatic rings. The molecule has 3 rings (SSSR count). The van der Waals surface area contributed by atoms with E-state index in [0.717, 1.165) is 6.07 Å². The Kier molecular flexibility index (Phi) is 8.69. The molecule has 21 nitrogen and oxygen atoms in total. The minimum absolute atomic E-state index is 0.413. The summed E-state index contributed by atoms with van der Waals surface area (Å²) in [5, 5.41) is 0. The van der Waals surface area contributed by atoms with Gasteiger partial charge in [-0.15, -0.1) is 0 Å². The van der Waals surface area contributed by atoms with Crippen LogP contribution in [-0.4, -0.2) is 71.0 Å². The maximum Gasteiger partial charge on any atom is 0.446 e. The summed E-state index contributed by atoms with van der Waals surface area (Å²) in [6.07, 6.45) is -4.58. The van der Waals surface area contributed by atoms with Crippen LogP contribution in [0, 0.1) is 0 Å². The zero-order valence-corrected chi connectivity index (χ0v) is 23.1. The molecule has 41 heavy (non-hydrogen) atoms. The van der Waals surface area contributed by atoms with Gasteiger partial charge in [0.1, 0.15) is 11.9 Å². The van der Waals surface area contributed by atoms with Gasteiger partial charge in [-0.3, -0.25) is 22.8 Å². The molecule has 2 atom stereocenters. The molecule has 0 unspecified atom stereocenters. The molecule has 0 amide bonds. The molecule has 0 spiro atoms. The van der Waals surface area contributed by atoms with Crippen LogP contribution in [0.5, 0.6) is 28.7 Å². The third-order valence-corrected chi connectivity index (χ3v) is 6.53. The van der Waals surface area contributed by atoms with Crippen molar-refractivity contribution >= 4 is 52.0 Å². The minimum atomic E-state index is -5.40. The van der Waals surface area contributed by atoms with Crippen LogP contribution in [0.2, 0.25) is 0 Å². The molecule has 0 bridgehead atoms. The number of fused-ring (bicyclic) bond motifs is 1. The number of ether oxygens (including phenoxy) is 1. The molecule has 0 saturated carbocycles. The Morgan fingerprint density at radius 2 is 1.12 bits per heavy atom. The lowest BCUT2D eigenvalue weighted by molar-refractivity contribution is 0.0337. The Hall–Kier alpha value is -3.05. The topological polar surface area (TPSA) is 327 Å². The van der Waals surface area contributed by atoms with Gasteiger partial charge >= 0.3 is 52.0 Å². The van der Waals surface area contributed by atoms with Crippen molar-refractivity contribution in [2.45, 2.75) is 18.6 Å². The Bertz CT molecular complexity index is 1890. The summed E-state index contributed by atoms with van der Waals surface area (Å²) in [7, 11) is -26.6. The van der Waals surface area contributed by atoms with Crippen molar-refractivity contribution in [3.05, 3.63) is 41.5 Å². The maximum absolute atomic E-state index is 11.5. The summed E-state index contributed by atoms with van der Waals surface area (Å²) in [5.74, 6) is -4.60. The van der Waals surface area contributed by atoms with Crippen LogP contribution in [0.3, 0.4) is 0 Å². The molecular weight excluding hydrogens is 676 g/mol. The van der Waals surface area contributed by atoms with Gasteiger partial charge in [0.15, 0.2) is 29.1 Å². The van der Waals surface area contributed by atoms with Gasteiger partial charge in [-0.2, -0.15) is 42.1 Å². The largest absolute Gasteiger partial charge is 0.482 e. The van der Waals surface area contributed by atoms with E-state index in [0.29, 0.717) is 24.3 Å². The highest BCUT2D eigenvalue weighted by Gasteiger charge is 2.39. The lowest BCUT2D eigenvalue weighted by atomic mass is 9.94. The highest BCUT2D eigenvalue weighted by Crippen LogP contribution is 2.45. The fourth-order valence-corrected chi connectivity index (χ4v) is 5.28. The monoisotopic (exact) mass is 690 g/mol. The molecule has 26 heteroatoms. The minimum Gasteiger partial charge on any atom is -0.482 e. The Morgan fingerprint density at radius 3 is 1.63 bits per heavy atom. The highest BCUT2D eigenvalue weighted by atomic mass is 32.3. The lowest BCUT2D eigenvalue weighted by Crippen LogP contribution is -2.35. The lowest BCUT2D eigenvalue weighted by Gasteiger charge is -2.33. The first-order chi connectivity index (χ1) is 18.4. The van der Waals surface area contributed by atoms with E-state index in [1.54, 1.807) is 0 Å². The van der Waals surface area contributed by atoms with Gasteiger partial charge < -0.3 is 21.5 Å². The molecule has 1 heterocycles. The molecule has 0 aromatic heterocycles. The van der Waals surface area contributed by atoms with Crippen LogP contribution < -0.4 is 21.5 Å². The molecule has 1 aliphatic rings. The normalized spacial score (nSPS) is 18.1. The van der Waals surface area contributed by atoms with Crippen molar-refractivity contribution in [3.8, 4) is 28.7 Å². The average Bonchev–Trinajstić information content (AvgIpc) is 2.69. The zero-order valence-electron chi connectivity index (χ0n) is 19.1.